The minimum absolute atomic E-state index is 0.0111. The Kier molecular flexibility index (Phi) is 4.92. The molecular formula is C19H34N3O2+. The van der Waals surface area contributed by atoms with Gasteiger partial charge in [0.15, 0.2) is 12.6 Å². The van der Waals surface area contributed by atoms with Crippen molar-refractivity contribution in [3.63, 3.8) is 0 Å². The van der Waals surface area contributed by atoms with Crippen LogP contribution in [0.15, 0.2) is 0 Å². The monoisotopic (exact) mass is 336 g/mol. The highest BCUT2D eigenvalue weighted by Crippen LogP contribution is 2.55. The van der Waals surface area contributed by atoms with E-state index in [0.717, 1.165) is 22.7 Å². The zero-order valence-electron chi connectivity index (χ0n) is 15.7. The molecule has 1 unspecified atom stereocenters. The fourth-order valence-electron chi connectivity index (χ4n) is 5.64. The first-order valence-corrected chi connectivity index (χ1v) is 9.70. The van der Waals surface area contributed by atoms with E-state index in [4.69, 9.17) is 0 Å². The molecule has 2 atom stereocenters. The van der Waals surface area contributed by atoms with Crippen molar-refractivity contribution >= 4 is 11.8 Å². The molecule has 3 N–H and O–H groups in total. The van der Waals surface area contributed by atoms with E-state index in [1.165, 1.54) is 38.5 Å². The van der Waals surface area contributed by atoms with Crippen LogP contribution in [-0.4, -0.2) is 43.0 Å². The molecule has 4 bridgehead atoms. The maximum absolute atomic E-state index is 12.8. The second-order valence-corrected chi connectivity index (χ2v) is 9.15. The van der Waals surface area contributed by atoms with E-state index >= 15 is 0 Å². The van der Waals surface area contributed by atoms with Crippen LogP contribution in [0.25, 0.3) is 0 Å². The summed E-state index contributed by atoms with van der Waals surface area (Å²) in [6.45, 7) is 6.19. The van der Waals surface area contributed by atoms with Gasteiger partial charge in [-0.3, -0.25) is 9.59 Å². The van der Waals surface area contributed by atoms with Gasteiger partial charge < -0.3 is 15.5 Å². The molecule has 24 heavy (non-hydrogen) atoms. The molecular weight excluding hydrogens is 302 g/mol. The zero-order valence-corrected chi connectivity index (χ0v) is 15.7. The Morgan fingerprint density at radius 2 is 1.54 bits per heavy atom. The molecule has 0 saturated heterocycles. The molecule has 4 aliphatic rings. The van der Waals surface area contributed by atoms with Crippen LogP contribution in [0.1, 0.15) is 59.3 Å². The fraction of sp³-hybridized carbons (Fsp3) is 0.895. The number of rotatable bonds is 6. The van der Waals surface area contributed by atoms with E-state index in [1.807, 2.05) is 27.8 Å². The molecule has 5 nitrogen and oxygen atoms in total. The van der Waals surface area contributed by atoms with E-state index in [1.54, 1.807) is 0 Å². The van der Waals surface area contributed by atoms with Crippen molar-refractivity contribution in [2.24, 2.45) is 17.8 Å². The molecule has 0 aromatic carbocycles. The Labute approximate surface area is 145 Å². The summed E-state index contributed by atoms with van der Waals surface area (Å²) in [5.41, 5.74) is 0.0561. The number of amides is 2. The molecule has 4 rings (SSSR count). The lowest BCUT2D eigenvalue weighted by molar-refractivity contribution is -0.886. The van der Waals surface area contributed by atoms with Gasteiger partial charge >= 0.3 is 0 Å². The van der Waals surface area contributed by atoms with E-state index < -0.39 is 0 Å². The highest BCUT2D eigenvalue weighted by molar-refractivity contribution is 5.81. The molecule has 0 heterocycles. The van der Waals surface area contributed by atoms with Crippen LogP contribution in [0.4, 0.5) is 0 Å². The van der Waals surface area contributed by atoms with E-state index in [0.29, 0.717) is 6.54 Å². The van der Waals surface area contributed by atoms with Gasteiger partial charge in [0, 0.05) is 11.6 Å². The van der Waals surface area contributed by atoms with Crippen LogP contribution < -0.4 is 15.5 Å². The molecule has 0 spiro atoms. The Balaban J connectivity index is 1.55. The average Bonchev–Trinajstić information content (AvgIpc) is 2.43. The minimum Gasteiger partial charge on any atom is -0.349 e. The number of carbonyl (C=O) groups excluding carboxylic acids is 2. The average molecular weight is 337 g/mol. The van der Waals surface area contributed by atoms with Crippen molar-refractivity contribution in [3.8, 4) is 0 Å². The third kappa shape index (κ3) is 3.76. The van der Waals surface area contributed by atoms with Gasteiger partial charge in [-0.25, -0.2) is 0 Å². The smallest absolute Gasteiger partial charge is 0.278 e. The van der Waals surface area contributed by atoms with Crippen LogP contribution in [0.3, 0.4) is 0 Å². The number of hydrogen-bond donors (Lipinski definition) is 3. The Morgan fingerprint density at radius 3 is 2.00 bits per heavy atom. The van der Waals surface area contributed by atoms with Gasteiger partial charge in [-0.1, -0.05) is 0 Å². The van der Waals surface area contributed by atoms with Crippen molar-refractivity contribution in [1.82, 2.24) is 10.6 Å². The summed E-state index contributed by atoms with van der Waals surface area (Å²) in [6.07, 6.45) is 7.65. The standard InChI is InChI=1S/C19H33N3O2/c1-12(2)20-17(23)11-22(4)13(3)18(24)21-19-8-14-5-15(9-19)7-16(6-14)10-19/h12-16H,5-11H2,1-4H3,(H,20,23)(H,21,24)/p+1/t13-,14?,15?,16?,19?/m1/s1. The molecule has 4 fully saturated rings. The first-order valence-electron chi connectivity index (χ1n) is 9.70. The summed E-state index contributed by atoms with van der Waals surface area (Å²) in [4.78, 5) is 25.7. The Morgan fingerprint density at radius 1 is 1.04 bits per heavy atom. The van der Waals surface area contributed by atoms with Gasteiger partial charge in [0.1, 0.15) is 0 Å². The normalized spacial score (nSPS) is 36.5. The predicted molar refractivity (Wildman–Crippen MR) is 93.5 cm³/mol. The van der Waals surface area contributed by atoms with Gasteiger partial charge in [0.25, 0.3) is 11.8 Å². The van der Waals surface area contributed by atoms with Gasteiger partial charge in [-0.15, -0.1) is 0 Å². The molecule has 0 aromatic heterocycles. The van der Waals surface area contributed by atoms with Crippen molar-refractivity contribution in [2.75, 3.05) is 13.6 Å². The molecule has 5 heteroatoms. The lowest BCUT2D eigenvalue weighted by Crippen LogP contribution is -3.15. The van der Waals surface area contributed by atoms with Crippen molar-refractivity contribution in [3.05, 3.63) is 0 Å². The first-order chi connectivity index (χ1) is 11.3. The summed E-state index contributed by atoms with van der Waals surface area (Å²) >= 11 is 0. The second kappa shape index (κ2) is 6.66. The number of quaternary nitrogens is 1. The number of likely N-dealkylation sites (N-methyl/N-ethyl adjacent to an activating group) is 1. The lowest BCUT2D eigenvalue weighted by Gasteiger charge is -2.57. The second-order valence-electron chi connectivity index (χ2n) is 9.15. The van der Waals surface area contributed by atoms with Crippen LogP contribution in [0, 0.1) is 17.8 Å². The topological polar surface area (TPSA) is 62.6 Å². The molecule has 0 aliphatic heterocycles. The minimum atomic E-state index is -0.198. The predicted octanol–water partition coefficient (Wildman–Crippen LogP) is 0.499. The summed E-state index contributed by atoms with van der Waals surface area (Å²) in [7, 11) is 1.93. The number of hydrogen-bond acceptors (Lipinski definition) is 2. The fourth-order valence-corrected chi connectivity index (χ4v) is 5.64. The SMILES string of the molecule is CC(C)NC(=O)C[NH+](C)[C@H](C)C(=O)NC12CC3CC(CC(C3)C1)C2. The summed E-state index contributed by atoms with van der Waals surface area (Å²) in [5.74, 6) is 2.61. The van der Waals surface area contributed by atoms with Crippen molar-refractivity contribution < 1.29 is 14.5 Å². The molecule has 4 saturated carbocycles. The molecule has 4 aliphatic carbocycles. The summed E-state index contributed by atoms with van der Waals surface area (Å²) in [5, 5.41) is 6.33. The van der Waals surface area contributed by atoms with Crippen LogP contribution in [0.2, 0.25) is 0 Å². The maximum atomic E-state index is 12.8. The van der Waals surface area contributed by atoms with Crippen LogP contribution in [0.5, 0.6) is 0 Å². The van der Waals surface area contributed by atoms with Gasteiger partial charge in [-0.2, -0.15) is 0 Å². The molecule has 0 aromatic rings. The zero-order chi connectivity index (χ0) is 17.5. The Hall–Kier alpha value is -1.10. The molecule has 136 valence electrons. The summed E-state index contributed by atoms with van der Waals surface area (Å²) in [6, 6.07) is -0.0580. The summed E-state index contributed by atoms with van der Waals surface area (Å²) < 4.78 is 0. The first kappa shape index (κ1) is 17.7. The third-order valence-electron chi connectivity index (χ3n) is 6.45. The Bertz CT molecular complexity index is 468. The van der Waals surface area contributed by atoms with Crippen LogP contribution in [-0.2, 0) is 9.59 Å². The van der Waals surface area contributed by atoms with E-state index in [-0.39, 0.29) is 29.4 Å². The lowest BCUT2D eigenvalue weighted by atomic mass is 9.53. The van der Waals surface area contributed by atoms with Crippen LogP contribution >= 0.6 is 0 Å². The van der Waals surface area contributed by atoms with E-state index in [9.17, 15) is 9.59 Å². The van der Waals surface area contributed by atoms with Gasteiger partial charge in [0.05, 0.1) is 7.05 Å². The van der Waals surface area contributed by atoms with Gasteiger partial charge in [0.2, 0.25) is 0 Å². The highest BCUT2D eigenvalue weighted by atomic mass is 16.2. The third-order valence-corrected chi connectivity index (χ3v) is 6.45. The van der Waals surface area contributed by atoms with Crippen molar-refractivity contribution in [2.45, 2.75) is 76.9 Å². The molecule has 2 amide bonds. The van der Waals surface area contributed by atoms with E-state index in [2.05, 4.69) is 10.6 Å². The highest BCUT2D eigenvalue weighted by Gasteiger charge is 2.52. The number of carbonyl (C=O) groups is 2. The maximum Gasteiger partial charge on any atom is 0.278 e. The van der Waals surface area contributed by atoms with Crippen molar-refractivity contribution in [1.29, 1.82) is 0 Å². The van der Waals surface area contributed by atoms with Gasteiger partial charge in [-0.05, 0) is 77.0 Å². The quantitative estimate of drug-likeness (QED) is 0.661. The number of nitrogens with one attached hydrogen (secondary N) is 3. The molecule has 0 radical (unpaired) electrons. The largest absolute Gasteiger partial charge is 0.349 e.